The SMILES string of the molecule is COC(=O)c1cc(COC[C@@H]2CCNC2)cc(-c2cccc(C(=N)N)c2)c1. The second-order valence-corrected chi connectivity index (χ2v) is 6.78. The Morgan fingerprint density at radius 3 is 2.74 bits per heavy atom. The van der Waals surface area contributed by atoms with Crippen LogP contribution in [0.3, 0.4) is 0 Å². The summed E-state index contributed by atoms with van der Waals surface area (Å²) in [5.41, 5.74) is 9.37. The Hall–Kier alpha value is -2.70. The molecule has 4 N–H and O–H groups in total. The summed E-state index contributed by atoms with van der Waals surface area (Å²) in [5.74, 6) is 0.163. The van der Waals surface area contributed by atoms with Crippen LogP contribution in [0.25, 0.3) is 11.1 Å². The van der Waals surface area contributed by atoms with Gasteiger partial charge in [0.1, 0.15) is 5.84 Å². The fourth-order valence-corrected chi connectivity index (χ4v) is 3.24. The van der Waals surface area contributed by atoms with Gasteiger partial charge in [0.05, 0.1) is 25.9 Å². The minimum absolute atomic E-state index is 0.00898. The Morgan fingerprint density at radius 2 is 2.04 bits per heavy atom. The van der Waals surface area contributed by atoms with Crippen molar-refractivity contribution in [2.24, 2.45) is 11.7 Å². The van der Waals surface area contributed by atoms with Crippen LogP contribution in [-0.2, 0) is 16.1 Å². The average molecular weight is 367 g/mol. The van der Waals surface area contributed by atoms with Crippen molar-refractivity contribution in [3.63, 3.8) is 0 Å². The molecule has 6 nitrogen and oxygen atoms in total. The smallest absolute Gasteiger partial charge is 0.337 e. The molecule has 0 saturated carbocycles. The lowest BCUT2D eigenvalue weighted by molar-refractivity contribution is 0.0600. The Balaban J connectivity index is 1.84. The molecule has 6 heteroatoms. The van der Waals surface area contributed by atoms with Crippen molar-refractivity contribution in [1.82, 2.24) is 5.32 Å². The van der Waals surface area contributed by atoms with E-state index in [1.165, 1.54) is 7.11 Å². The van der Waals surface area contributed by atoms with Crippen LogP contribution in [0.2, 0.25) is 0 Å². The van der Waals surface area contributed by atoms with E-state index >= 15 is 0 Å². The van der Waals surface area contributed by atoms with Gasteiger partial charge in [-0.25, -0.2) is 4.79 Å². The van der Waals surface area contributed by atoms with Crippen LogP contribution in [0.1, 0.15) is 27.9 Å². The molecule has 2 aromatic carbocycles. The third-order valence-electron chi connectivity index (χ3n) is 4.71. The Morgan fingerprint density at radius 1 is 1.22 bits per heavy atom. The number of hydrogen-bond donors (Lipinski definition) is 3. The molecule has 2 aromatic rings. The molecule has 1 aliphatic heterocycles. The first-order chi connectivity index (χ1) is 13.1. The fourth-order valence-electron chi connectivity index (χ4n) is 3.24. The number of carbonyl (C=O) groups excluding carboxylic acids is 1. The normalized spacial score (nSPS) is 16.3. The lowest BCUT2D eigenvalue weighted by Gasteiger charge is -2.12. The number of nitrogens with two attached hydrogens (primary N) is 1. The van der Waals surface area contributed by atoms with E-state index in [0.29, 0.717) is 30.3 Å². The van der Waals surface area contributed by atoms with Gasteiger partial charge in [-0.05, 0) is 59.8 Å². The van der Waals surface area contributed by atoms with Gasteiger partial charge in [0, 0.05) is 12.1 Å². The van der Waals surface area contributed by atoms with Gasteiger partial charge < -0.3 is 20.5 Å². The van der Waals surface area contributed by atoms with Crippen LogP contribution < -0.4 is 11.1 Å². The number of ether oxygens (including phenoxy) is 2. The van der Waals surface area contributed by atoms with Gasteiger partial charge in [0.15, 0.2) is 0 Å². The zero-order valence-electron chi connectivity index (χ0n) is 15.5. The molecule has 1 aliphatic rings. The molecule has 0 bridgehead atoms. The summed E-state index contributed by atoms with van der Waals surface area (Å²) >= 11 is 0. The fraction of sp³-hybridized carbons (Fsp3) is 0.333. The van der Waals surface area contributed by atoms with Crippen molar-refractivity contribution >= 4 is 11.8 Å². The summed E-state index contributed by atoms with van der Waals surface area (Å²) in [5, 5.41) is 11.0. The van der Waals surface area contributed by atoms with Gasteiger partial charge in [-0.3, -0.25) is 5.41 Å². The topological polar surface area (TPSA) is 97.4 Å². The van der Waals surface area contributed by atoms with Gasteiger partial charge in [0.25, 0.3) is 0 Å². The van der Waals surface area contributed by atoms with Gasteiger partial charge in [-0.1, -0.05) is 18.2 Å². The van der Waals surface area contributed by atoms with E-state index in [9.17, 15) is 4.79 Å². The molecule has 0 radical (unpaired) electrons. The summed E-state index contributed by atoms with van der Waals surface area (Å²) in [6.45, 7) is 3.17. The monoisotopic (exact) mass is 367 g/mol. The van der Waals surface area contributed by atoms with E-state index in [1.807, 2.05) is 24.3 Å². The molecule has 3 rings (SSSR count). The highest BCUT2D eigenvalue weighted by molar-refractivity contribution is 5.96. The number of rotatable bonds is 7. The molecule has 0 unspecified atom stereocenters. The predicted molar refractivity (Wildman–Crippen MR) is 105 cm³/mol. The number of esters is 1. The van der Waals surface area contributed by atoms with Gasteiger partial charge in [-0.2, -0.15) is 0 Å². The number of amidine groups is 1. The van der Waals surface area contributed by atoms with Gasteiger partial charge in [-0.15, -0.1) is 0 Å². The number of nitrogen functional groups attached to an aromatic ring is 1. The largest absolute Gasteiger partial charge is 0.465 e. The van der Waals surface area contributed by atoms with E-state index < -0.39 is 0 Å². The average Bonchev–Trinajstić information content (AvgIpc) is 3.20. The van der Waals surface area contributed by atoms with Crippen molar-refractivity contribution < 1.29 is 14.3 Å². The third kappa shape index (κ3) is 4.93. The first-order valence-electron chi connectivity index (χ1n) is 9.02. The van der Waals surface area contributed by atoms with Crippen molar-refractivity contribution in [3.05, 3.63) is 59.2 Å². The van der Waals surface area contributed by atoms with Crippen LogP contribution in [0.5, 0.6) is 0 Å². The molecule has 1 atom stereocenters. The number of benzene rings is 2. The van der Waals surface area contributed by atoms with Crippen molar-refractivity contribution in [2.45, 2.75) is 13.0 Å². The Kier molecular flexibility index (Phi) is 6.21. The van der Waals surface area contributed by atoms with Crippen LogP contribution >= 0.6 is 0 Å². The zero-order chi connectivity index (χ0) is 19.2. The van der Waals surface area contributed by atoms with Crippen LogP contribution in [-0.4, -0.2) is 38.6 Å². The van der Waals surface area contributed by atoms with Crippen molar-refractivity contribution in [1.29, 1.82) is 5.41 Å². The molecule has 1 heterocycles. The lowest BCUT2D eigenvalue weighted by atomic mass is 9.98. The zero-order valence-corrected chi connectivity index (χ0v) is 15.5. The van der Waals surface area contributed by atoms with Crippen LogP contribution in [0.15, 0.2) is 42.5 Å². The maximum Gasteiger partial charge on any atom is 0.337 e. The highest BCUT2D eigenvalue weighted by atomic mass is 16.5. The van der Waals surface area contributed by atoms with E-state index in [-0.39, 0.29) is 11.8 Å². The van der Waals surface area contributed by atoms with Gasteiger partial charge in [0.2, 0.25) is 0 Å². The first kappa shape index (κ1) is 19.1. The standard InChI is InChI=1S/C21H25N3O3/c1-26-21(25)19-8-15(13-27-12-14-5-6-24-11-14)7-18(10-19)16-3-2-4-17(9-16)20(22)23/h2-4,7-10,14,24H,5-6,11-13H2,1H3,(H3,22,23)/t14-/m1/s1. The summed E-state index contributed by atoms with van der Waals surface area (Å²) < 4.78 is 10.8. The van der Waals surface area contributed by atoms with E-state index in [2.05, 4.69) is 5.32 Å². The predicted octanol–water partition coefficient (Wildman–Crippen LogP) is 2.55. The molecular formula is C21H25N3O3. The highest BCUT2D eigenvalue weighted by Gasteiger charge is 2.15. The number of methoxy groups -OCH3 is 1. The van der Waals surface area contributed by atoms with E-state index in [1.54, 1.807) is 18.2 Å². The molecule has 0 aliphatic carbocycles. The van der Waals surface area contributed by atoms with Crippen LogP contribution in [0, 0.1) is 11.3 Å². The molecule has 0 aromatic heterocycles. The molecule has 1 fully saturated rings. The number of hydrogen-bond acceptors (Lipinski definition) is 5. The summed E-state index contributed by atoms with van der Waals surface area (Å²) in [6, 6.07) is 13.0. The summed E-state index contributed by atoms with van der Waals surface area (Å²) in [4.78, 5) is 12.1. The molecule has 27 heavy (non-hydrogen) atoms. The maximum atomic E-state index is 12.1. The maximum absolute atomic E-state index is 12.1. The van der Waals surface area contributed by atoms with Gasteiger partial charge >= 0.3 is 5.97 Å². The molecule has 0 spiro atoms. The molecule has 1 saturated heterocycles. The number of carbonyl (C=O) groups is 1. The van der Waals surface area contributed by atoms with Crippen molar-refractivity contribution in [2.75, 3.05) is 26.8 Å². The van der Waals surface area contributed by atoms with Crippen molar-refractivity contribution in [3.8, 4) is 11.1 Å². The molecule has 142 valence electrons. The second-order valence-electron chi connectivity index (χ2n) is 6.78. The Bertz CT molecular complexity index is 829. The lowest BCUT2D eigenvalue weighted by Crippen LogP contribution is -2.14. The minimum atomic E-state index is -0.388. The third-order valence-corrected chi connectivity index (χ3v) is 4.71. The Labute approximate surface area is 159 Å². The van der Waals surface area contributed by atoms with E-state index in [0.717, 1.165) is 36.2 Å². The molecule has 0 amide bonds. The molecular weight excluding hydrogens is 342 g/mol. The minimum Gasteiger partial charge on any atom is -0.465 e. The van der Waals surface area contributed by atoms with Crippen LogP contribution in [0.4, 0.5) is 0 Å². The first-order valence-corrected chi connectivity index (χ1v) is 9.02. The summed E-state index contributed by atoms with van der Waals surface area (Å²) in [6.07, 6.45) is 1.13. The van der Waals surface area contributed by atoms with E-state index in [4.69, 9.17) is 20.6 Å². The quantitative estimate of drug-likeness (QED) is 0.397. The summed E-state index contributed by atoms with van der Waals surface area (Å²) in [7, 11) is 1.37. The number of nitrogens with one attached hydrogen (secondary N) is 2. The second kappa shape index (κ2) is 8.79. The highest BCUT2D eigenvalue weighted by Crippen LogP contribution is 2.25.